The van der Waals surface area contributed by atoms with Gasteiger partial charge in [-0.3, -0.25) is 4.99 Å². The van der Waals surface area contributed by atoms with Crippen LogP contribution in [0.4, 0.5) is 11.4 Å². The Morgan fingerprint density at radius 3 is 2.62 bits per heavy atom. The second kappa shape index (κ2) is 3.49. The van der Waals surface area contributed by atoms with Crippen molar-refractivity contribution in [2.75, 3.05) is 5.73 Å². The molecule has 0 spiro atoms. The van der Waals surface area contributed by atoms with E-state index in [9.17, 15) is 0 Å². The lowest BCUT2D eigenvalue weighted by atomic mass is 10.0. The number of hydrogen-bond donors (Lipinski definition) is 1. The van der Waals surface area contributed by atoms with E-state index in [-0.39, 0.29) is 0 Å². The molecule has 16 heavy (non-hydrogen) atoms. The van der Waals surface area contributed by atoms with Crippen molar-refractivity contribution in [1.29, 1.82) is 0 Å². The number of fused-ring (bicyclic) bond motifs is 1. The van der Waals surface area contributed by atoms with E-state index >= 15 is 0 Å². The molecule has 2 heteroatoms. The molecular weight excluding hydrogens is 196 g/mol. The van der Waals surface area contributed by atoms with Crippen LogP contribution in [0.25, 0.3) is 0 Å². The minimum absolute atomic E-state index is 0.775. The minimum Gasteiger partial charge on any atom is -0.399 e. The molecule has 78 valence electrons. The first-order valence-corrected chi connectivity index (χ1v) is 5.34. The molecule has 3 rings (SSSR count). The summed E-state index contributed by atoms with van der Waals surface area (Å²) in [5, 5.41) is 0. The number of nitrogen functional groups attached to an aromatic ring is 1. The maximum absolute atomic E-state index is 5.75. The van der Waals surface area contributed by atoms with E-state index in [0.29, 0.717) is 0 Å². The fraction of sp³-hybridized carbons (Fsp3) is 0.0714. The molecule has 0 amide bonds. The summed E-state index contributed by atoms with van der Waals surface area (Å²) in [5.41, 5.74) is 11.1. The van der Waals surface area contributed by atoms with E-state index in [0.717, 1.165) is 23.5 Å². The Labute approximate surface area is 94.4 Å². The van der Waals surface area contributed by atoms with Crippen LogP contribution in [-0.2, 0) is 6.42 Å². The highest BCUT2D eigenvalue weighted by molar-refractivity contribution is 6.06. The van der Waals surface area contributed by atoms with Crippen molar-refractivity contribution in [3.8, 4) is 0 Å². The molecule has 0 bridgehead atoms. The van der Waals surface area contributed by atoms with Crippen molar-refractivity contribution in [1.82, 2.24) is 0 Å². The van der Waals surface area contributed by atoms with Crippen molar-refractivity contribution in [2.24, 2.45) is 4.99 Å². The summed E-state index contributed by atoms with van der Waals surface area (Å²) < 4.78 is 0. The molecular formula is C14H12N2. The van der Waals surface area contributed by atoms with E-state index in [1.807, 2.05) is 30.3 Å². The third-order valence-electron chi connectivity index (χ3n) is 2.83. The summed E-state index contributed by atoms with van der Waals surface area (Å²) >= 11 is 0. The Hall–Kier alpha value is -2.09. The SMILES string of the molecule is Nc1ccc2c(c1)N=C(c1ccccc1)C2. The molecule has 0 atom stereocenters. The Balaban J connectivity index is 2.02. The van der Waals surface area contributed by atoms with Crippen LogP contribution in [0.5, 0.6) is 0 Å². The Bertz CT molecular complexity index is 556. The van der Waals surface area contributed by atoms with Gasteiger partial charge in [-0.1, -0.05) is 36.4 Å². The lowest BCUT2D eigenvalue weighted by Gasteiger charge is -1.98. The van der Waals surface area contributed by atoms with Crippen molar-refractivity contribution >= 4 is 17.1 Å². The standard InChI is InChI=1S/C14H12N2/c15-12-7-6-11-8-13(16-14(11)9-12)10-4-2-1-3-5-10/h1-7,9H,8,15H2. The average molecular weight is 208 g/mol. The summed E-state index contributed by atoms with van der Waals surface area (Å²) in [6, 6.07) is 16.2. The maximum atomic E-state index is 5.75. The minimum atomic E-state index is 0.775. The molecule has 2 aromatic carbocycles. The summed E-state index contributed by atoms with van der Waals surface area (Å²) in [6.45, 7) is 0. The molecule has 0 aliphatic carbocycles. The Kier molecular flexibility index (Phi) is 2.00. The summed E-state index contributed by atoms with van der Waals surface area (Å²) in [4.78, 5) is 4.62. The fourth-order valence-corrected chi connectivity index (χ4v) is 2.00. The molecule has 0 saturated heterocycles. The van der Waals surface area contributed by atoms with Gasteiger partial charge in [0.25, 0.3) is 0 Å². The smallest absolute Gasteiger partial charge is 0.0689 e. The number of nitrogens with two attached hydrogens (primary N) is 1. The van der Waals surface area contributed by atoms with Gasteiger partial charge in [0.1, 0.15) is 0 Å². The summed E-state index contributed by atoms with van der Waals surface area (Å²) in [6.07, 6.45) is 0.902. The maximum Gasteiger partial charge on any atom is 0.0689 e. The molecule has 0 fully saturated rings. The Morgan fingerprint density at radius 1 is 1.00 bits per heavy atom. The highest BCUT2D eigenvalue weighted by atomic mass is 14.8. The van der Waals surface area contributed by atoms with E-state index in [4.69, 9.17) is 5.73 Å². The normalized spacial score (nSPS) is 13.4. The third kappa shape index (κ3) is 1.48. The van der Waals surface area contributed by atoms with E-state index in [2.05, 4.69) is 23.2 Å². The van der Waals surface area contributed by atoms with Crippen LogP contribution in [0.1, 0.15) is 11.1 Å². The van der Waals surface area contributed by atoms with Gasteiger partial charge in [-0.2, -0.15) is 0 Å². The molecule has 1 heterocycles. The summed E-state index contributed by atoms with van der Waals surface area (Å²) in [5.74, 6) is 0. The average Bonchev–Trinajstić information content (AvgIpc) is 2.73. The van der Waals surface area contributed by atoms with Crippen LogP contribution in [0.2, 0.25) is 0 Å². The van der Waals surface area contributed by atoms with Crippen LogP contribution in [0, 0.1) is 0 Å². The highest BCUT2D eigenvalue weighted by Gasteiger charge is 2.15. The first-order valence-electron chi connectivity index (χ1n) is 5.34. The molecule has 1 aliphatic rings. The zero-order chi connectivity index (χ0) is 11.0. The summed E-state index contributed by atoms with van der Waals surface area (Å²) in [7, 11) is 0. The second-order valence-electron chi connectivity index (χ2n) is 3.99. The highest BCUT2D eigenvalue weighted by Crippen LogP contribution is 2.30. The lowest BCUT2D eigenvalue weighted by Crippen LogP contribution is -1.99. The van der Waals surface area contributed by atoms with Crippen LogP contribution >= 0.6 is 0 Å². The molecule has 0 unspecified atom stereocenters. The van der Waals surface area contributed by atoms with E-state index in [1.165, 1.54) is 11.1 Å². The topological polar surface area (TPSA) is 38.4 Å². The molecule has 0 aromatic heterocycles. The van der Waals surface area contributed by atoms with E-state index < -0.39 is 0 Å². The predicted octanol–water partition coefficient (Wildman–Crippen LogP) is 2.95. The number of nitrogens with zero attached hydrogens (tertiary/aromatic N) is 1. The molecule has 2 N–H and O–H groups in total. The van der Waals surface area contributed by atoms with Crippen LogP contribution < -0.4 is 5.73 Å². The van der Waals surface area contributed by atoms with Crippen LogP contribution in [0.15, 0.2) is 53.5 Å². The van der Waals surface area contributed by atoms with Gasteiger partial charge >= 0.3 is 0 Å². The van der Waals surface area contributed by atoms with Crippen molar-refractivity contribution in [2.45, 2.75) is 6.42 Å². The molecule has 0 saturated carbocycles. The van der Waals surface area contributed by atoms with Crippen molar-refractivity contribution in [3.63, 3.8) is 0 Å². The monoisotopic (exact) mass is 208 g/mol. The lowest BCUT2D eigenvalue weighted by molar-refractivity contribution is 1.39. The quantitative estimate of drug-likeness (QED) is 0.719. The number of rotatable bonds is 1. The van der Waals surface area contributed by atoms with Crippen molar-refractivity contribution < 1.29 is 0 Å². The molecule has 1 aliphatic heterocycles. The number of benzene rings is 2. The largest absolute Gasteiger partial charge is 0.399 e. The first kappa shape index (κ1) is 9.16. The van der Waals surface area contributed by atoms with Gasteiger partial charge in [0.15, 0.2) is 0 Å². The van der Waals surface area contributed by atoms with Gasteiger partial charge in [0.2, 0.25) is 0 Å². The number of anilines is 1. The zero-order valence-corrected chi connectivity index (χ0v) is 8.85. The van der Waals surface area contributed by atoms with Gasteiger partial charge in [-0.15, -0.1) is 0 Å². The van der Waals surface area contributed by atoms with Crippen LogP contribution in [0.3, 0.4) is 0 Å². The van der Waals surface area contributed by atoms with E-state index in [1.54, 1.807) is 0 Å². The van der Waals surface area contributed by atoms with Gasteiger partial charge in [-0.05, 0) is 23.3 Å². The van der Waals surface area contributed by atoms with Gasteiger partial charge in [0, 0.05) is 12.1 Å². The number of hydrogen-bond acceptors (Lipinski definition) is 2. The van der Waals surface area contributed by atoms with Crippen LogP contribution in [-0.4, -0.2) is 5.71 Å². The van der Waals surface area contributed by atoms with Crippen molar-refractivity contribution in [3.05, 3.63) is 59.7 Å². The first-order chi connectivity index (χ1) is 7.83. The molecule has 2 nitrogen and oxygen atoms in total. The number of aliphatic imine (C=N–C) groups is 1. The second-order valence-corrected chi connectivity index (χ2v) is 3.99. The molecule has 2 aromatic rings. The molecule has 0 radical (unpaired) electrons. The zero-order valence-electron chi connectivity index (χ0n) is 8.85. The fourth-order valence-electron chi connectivity index (χ4n) is 2.00. The van der Waals surface area contributed by atoms with Gasteiger partial charge in [0.05, 0.1) is 11.4 Å². The van der Waals surface area contributed by atoms with Gasteiger partial charge in [-0.25, -0.2) is 0 Å². The third-order valence-corrected chi connectivity index (χ3v) is 2.83. The van der Waals surface area contributed by atoms with Gasteiger partial charge < -0.3 is 5.73 Å². The predicted molar refractivity (Wildman–Crippen MR) is 67.2 cm³/mol. The Morgan fingerprint density at radius 2 is 1.81 bits per heavy atom.